The number of guanidine groups is 1. The number of methoxy groups -OCH3 is 2. The Kier molecular flexibility index (Phi) is 6.34. The molecule has 3 N–H and O–H groups in total. The maximum Gasteiger partial charge on any atom is 0.234 e. The van der Waals surface area contributed by atoms with E-state index in [0.717, 1.165) is 22.6 Å². The van der Waals surface area contributed by atoms with Crippen LogP contribution in [0.15, 0.2) is 63.8 Å². The molecule has 0 saturated carbocycles. The van der Waals surface area contributed by atoms with E-state index in [1.54, 1.807) is 26.6 Å². The third-order valence-electron chi connectivity index (χ3n) is 3.00. The molecule has 0 fully saturated rings. The summed E-state index contributed by atoms with van der Waals surface area (Å²) < 4.78 is 10.2. The fourth-order valence-electron chi connectivity index (χ4n) is 1.73. The lowest BCUT2D eigenvalue weighted by Gasteiger charge is -1.99. The highest BCUT2D eigenvalue weighted by molar-refractivity contribution is 5.84. The Morgan fingerprint density at radius 3 is 1.88 bits per heavy atom. The summed E-state index contributed by atoms with van der Waals surface area (Å²) in [4.78, 5) is 0. The van der Waals surface area contributed by atoms with E-state index in [4.69, 9.17) is 15.2 Å². The lowest BCUT2D eigenvalue weighted by atomic mass is 10.2. The number of benzene rings is 2. The zero-order valence-electron chi connectivity index (χ0n) is 13.5. The largest absolute Gasteiger partial charge is 0.497 e. The summed E-state index contributed by atoms with van der Waals surface area (Å²) in [7, 11) is 3.24. The summed E-state index contributed by atoms with van der Waals surface area (Å²) in [6, 6.07) is 14.8. The maximum absolute atomic E-state index is 5.66. The van der Waals surface area contributed by atoms with E-state index in [1.807, 2.05) is 48.5 Å². The first kappa shape index (κ1) is 17.0. The summed E-state index contributed by atoms with van der Waals surface area (Å²) in [6.45, 7) is 0. The molecular formula is C17H19N5O2. The normalized spacial score (nSPS) is 11.8. The van der Waals surface area contributed by atoms with E-state index in [1.165, 1.54) is 0 Å². The summed E-state index contributed by atoms with van der Waals surface area (Å²) in [6.07, 6.45) is 3.20. The Morgan fingerprint density at radius 2 is 1.38 bits per heavy atom. The molecule has 2 aromatic rings. The number of hydrogen-bond donors (Lipinski definition) is 2. The van der Waals surface area contributed by atoms with Gasteiger partial charge in [0.25, 0.3) is 0 Å². The fourth-order valence-corrected chi connectivity index (χ4v) is 1.73. The molecule has 0 aliphatic heterocycles. The van der Waals surface area contributed by atoms with Crippen molar-refractivity contribution >= 4 is 18.4 Å². The van der Waals surface area contributed by atoms with Gasteiger partial charge in [-0.1, -0.05) is 0 Å². The quantitative estimate of drug-likeness (QED) is 0.482. The van der Waals surface area contributed by atoms with Crippen LogP contribution in [-0.2, 0) is 0 Å². The molecule has 0 saturated heterocycles. The Morgan fingerprint density at radius 1 is 0.875 bits per heavy atom. The predicted molar refractivity (Wildman–Crippen MR) is 95.9 cm³/mol. The van der Waals surface area contributed by atoms with Crippen LogP contribution >= 0.6 is 0 Å². The first-order valence-corrected chi connectivity index (χ1v) is 7.15. The van der Waals surface area contributed by atoms with Crippen molar-refractivity contribution in [3.8, 4) is 11.5 Å². The van der Waals surface area contributed by atoms with Crippen LogP contribution in [0.25, 0.3) is 0 Å². The number of ether oxygens (including phenoxy) is 2. The topological polar surface area (TPSA) is 93.6 Å². The third-order valence-corrected chi connectivity index (χ3v) is 3.00. The first-order valence-electron chi connectivity index (χ1n) is 7.15. The van der Waals surface area contributed by atoms with E-state index in [2.05, 4.69) is 20.7 Å². The van der Waals surface area contributed by atoms with E-state index < -0.39 is 0 Å². The Labute approximate surface area is 140 Å². The highest BCUT2D eigenvalue weighted by Crippen LogP contribution is 2.10. The molecule has 124 valence electrons. The molecule has 0 amide bonds. The van der Waals surface area contributed by atoms with Crippen molar-refractivity contribution < 1.29 is 9.47 Å². The highest BCUT2D eigenvalue weighted by Gasteiger charge is 1.92. The van der Waals surface area contributed by atoms with Gasteiger partial charge in [0.2, 0.25) is 5.96 Å². The molecule has 0 atom stereocenters. The molecule has 0 aliphatic carbocycles. The molecule has 0 bridgehead atoms. The summed E-state index contributed by atoms with van der Waals surface area (Å²) in [5.41, 5.74) is 10.0. The molecule has 0 unspecified atom stereocenters. The number of rotatable bonds is 6. The van der Waals surface area contributed by atoms with Crippen LogP contribution in [0.2, 0.25) is 0 Å². The molecule has 7 nitrogen and oxygen atoms in total. The van der Waals surface area contributed by atoms with Crippen LogP contribution in [0, 0.1) is 0 Å². The minimum atomic E-state index is 0.0875. The van der Waals surface area contributed by atoms with Gasteiger partial charge in [0.1, 0.15) is 11.5 Å². The molecule has 7 heteroatoms. The van der Waals surface area contributed by atoms with Crippen LogP contribution in [0.5, 0.6) is 11.5 Å². The summed E-state index contributed by atoms with van der Waals surface area (Å²) in [5, 5.41) is 11.7. The molecule has 24 heavy (non-hydrogen) atoms. The van der Waals surface area contributed by atoms with Crippen LogP contribution in [0.1, 0.15) is 11.1 Å². The third kappa shape index (κ3) is 5.45. The van der Waals surface area contributed by atoms with Gasteiger partial charge in [-0.15, -0.1) is 5.10 Å². The van der Waals surface area contributed by atoms with E-state index in [9.17, 15) is 0 Å². The van der Waals surface area contributed by atoms with Gasteiger partial charge in [0.05, 0.1) is 26.6 Å². The van der Waals surface area contributed by atoms with Crippen molar-refractivity contribution in [3.05, 3.63) is 59.7 Å². The Hall–Kier alpha value is -3.35. The molecule has 2 rings (SSSR count). The van der Waals surface area contributed by atoms with Crippen LogP contribution < -0.4 is 20.6 Å². The van der Waals surface area contributed by atoms with Crippen molar-refractivity contribution in [1.82, 2.24) is 5.43 Å². The summed E-state index contributed by atoms with van der Waals surface area (Å²) in [5.74, 6) is 1.66. The smallest absolute Gasteiger partial charge is 0.234 e. The standard InChI is InChI=1S/C17H19N5O2/c1-23-15-7-3-13(4-8-15)11-19-21-17(18)22-20-12-14-5-9-16(24-2)10-6-14/h3-12H,1-2H3,(H3,18,21,22)/b19-11-,20-12-. The Balaban J connectivity index is 1.86. The first-order chi connectivity index (χ1) is 11.7. The number of nitrogens with two attached hydrogens (primary N) is 1. The second-order valence-electron chi connectivity index (χ2n) is 4.65. The average Bonchev–Trinajstić information content (AvgIpc) is 2.63. The van der Waals surface area contributed by atoms with Crippen molar-refractivity contribution in [1.29, 1.82) is 0 Å². The molecule has 0 heterocycles. The van der Waals surface area contributed by atoms with Crippen molar-refractivity contribution in [2.75, 3.05) is 14.2 Å². The van der Waals surface area contributed by atoms with Gasteiger partial charge in [-0.2, -0.15) is 10.2 Å². The molecule has 2 aromatic carbocycles. The maximum atomic E-state index is 5.66. The van der Waals surface area contributed by atoms with Gasteiger partial charge >= 0.3 is 0 Å². The second-order valence-corrected chi connectivity index (χ2v) is 4.65. The van der Waals surface area contributed by atoms with Crippen LogP contribution in [0.3, 0.4) is 0 Å². The summed E-state index contributed by atoms with van der Waals surface area (Å²) >= 11 is 0. The second kappa shape index (κ2) is 8.94. The fraction of sp³-hybridized carbons (Fsp3) is 0.118. The molecular weight excluding hydrogens is 306 g/mol. The molecule has 0 spiro atoms. The van der Waals surface area contributed by atoms with Crippen molar-refractivity contribution in [3.63, 3.8) is 0 Å². The Bertz CT molecular complexity index is 722. The SMILES string of the molecule is COc1ccc(/C=N\N=C(N)N/N=C\c2ccc(OC)cc2)cc1. The van der Waals surface area contributed by atoms with E-state index >= 15 is 0 Å². The highest BCUT2D eigenvalue weighted by atomic mass is 16.5. The minimum absolute atomic E-state index is 0.0875. The lowest BCUT2D eigenvalue weighted by Crippen LogP contribution is -2.26. The lowest BCUT2D eigenvalue weighted by molar-refractivity contribution is 0.414. The predicted octanol–water partition coefficient (Wildman–Crippen LogP) is 1.98. The minimum Gasteiger partial charge on any atom is -0.497 e. The van der Waals surface area contributed by atoms with Crippen molar-refractivity contribution in [2.24, 2.45) is 21.0 Å². The van der Waals surface area contributed by atoms with Gasteiger partial charge in [-0.25, -0.2) is 5.43 Å². The monoisotopic (exact) mass is 325 g/mol. The van der Waals surface area contributed by atoms with E-state index in [0.29, 0.717) is 0 Å². The number of hydrogen-bond acceptors (Lipinski definition) is 5. The number of nitrogens with zero attached hydrogens (tertiary/aromatic N) is 3. The molecule has 0 radical (unpaired) electrons. The van der Waals surface area contributed by atoms with Gasteiger partial charge in [-0.05, 0) is 59.7 Å². The zero-order chi connectivity index (χ0) is 17.2. The average molecular weight is 325 g/mol. The van der Waals surface area contributed by atoms with Gasteiger partial charge in [-0.3, -0.25) is 0 Å². The van der Waals surface area contributed by atoms with Crippen LogP contribution in [0.4, 0.5) is 0 Å². The van der Waals surface area contributed by atoms with Gasteiger partial charge < -0.3 is 15.2 Å². The van der Waals surface area contributed by atoms with Gasteiger partial charge in [0, 0.05) is 0 Å². The van der Waals surface area contributed by atoms with Crippen LogP contribution in [-0.4, -0.2) is 32.6 Å². The number of hydrazone groups is 1. The molecule has 0 aliphatic rings. The number of nitrogens with one attached hydrogen (secondary N) is 1. The molecule has 0 aromatic heterocycles. The van der Waals surface area contributed by atoms with Gasteiger partial charge in [0.15, 0.2) is 0 Å². The van der Waals surface area contributed by atoms with Crippen molar-refractivity contribution in [2.45, 2.75) is 0 Å². The van der Waals surface area contributed by atoms with E-state index in [-0.39, 0.29) is 5.96 Å². The zero-order valence-corrected chi connectivity index (χ0v) is 13.5.